The summed E-state index contributed by atoms with van der Waals surface area (Å²) in [5.74, 6) is 0.0187. The van der Waals surface area contributed by atoms with E-state index in [0.717, 1.165) is 94.8 Å². The first-order chi connectivity index (χ1) is 24.1. The maximum Gasteiger partial charge on any atom is 0.241 e. The molecule has 0 saturated heterocycles. The molecule has 4 aliphatic rings. The number of benzene rings is 2. The molecule has 0 radical (unpaired) electrons. The SMILES string of the molecule is CN[C@@H](CCCCN)C(=O)Nc1ccc2c(c1)[C@@]1(C)CCC[C@](C)(C(=O)N(C)C(=O)[C@@]3(C)CCC[C@]4(C)c5cc(N)ccc5CC[C@@H]34)[C@]1(C)CC2. The molecule has 2 aromatic carbocycles. The van der Waals surface area contributed by atoms with Crippen molar-refractivity contribution in [1.82, 2.24) is 10.2 Å². The molecule has 8 nitrogen and oxygen atoms in total. The van der Waals surface area contributed by atoms with Gasteiger partial charge in [0.1, 0.15) is 0 Å². The van der Waals surface area contributed by atoms with Crippen LogP contribution in [0.2, 0.25) is 0 Å². The number of fused-ring (bicyclic) bond motifs is 6. The summed E-state index contributed by atoms with van der Waals surface area (Å²) < 4.78 is 0. The molecule has 0 aromatic heterocycles. The summed E-state index contributed by atoms with van der Waals surface area (Å²) in [5.41, 5.74) is 16.5. The number of amides is 3. The second-order valence-corrected chi connectivity index (χ2v) is 17.7. The summed E-state index contributed by atoms with van der Waals surface area (Å²) in [6, 6.07) is 12.4. The molecule has 2 fully saturated rings. The number of aryl methyl sites for hydroxylation is 2. The number of nitrogen functional groups attached to an aromatic ring is 1. The molecule has 51 heavy (non-hydrogen) atoms. The Morgan fingerprint density at radius 3 is 2.29 bits per heavy atom. The fourth-order valence-electron chi connectivity index (χ4n) is 11.8. The number of carbonyl (C=O) groups excluding carboxylic acids is 3. The van der Waals surface area contributed by atoms with Gasteiger partial charge in [-0.05, 0) is 146 Å². The highest BCUT2D eigenvalue weighted by molar-refractivity contribution is 6.01. The lowest BCUT2D eigenvalue weighted by Gasteiger charge is -2.63. The maximum absolute atomic E-state index is 15.1. The molecule has 7 atom stereocenters. The van der Waals surface area contributed by atoms with Crippen LogP contribution in [-0.2, 0) is 38.1 Å². The van der Waals surface area contributed by atoms with E-state index in [0.29, 0.717) is 6.54 Å². The molecule has 2 aromatic rings. The van der Waals surface area contributed by atoms with E-state index in [1.165, 1.54) is 22.3 Å². The van der Waals surface area contributed by atoms with Crippen LogP contribution in [0.25, 0.3) is 0 Å². The molecule has 0 heterocycles. The topological polar surface area (TPSA) is 131 Å². The number of nitrogens with two attached hydrogens (primary N) is 2. The summed E-state index contributed by atoms with van der Waals surface area (Å²) in [6.07, 6.45) is 11.4. The zero-order valence-electron chi connectivity index (χ0n) is 32.3. The largest absolute Gasteiger partial charge is 0.399 e. The van der Waals surface area contributed by atoms with E-state index in [2.05, 4.69) is 69.5 Å². The molecule has 2 saturated carbocycles. The van der Waals surface area contributed by atoms with Crippen molar-refractivity contribution in [1.29, 1.82) is 0 Å². The number of imide groups is 1. The smallest absolute Gasteiger partial charge is 0.241 e. The molecule has 0 spiro atoms. The summed E-state index contributed by atoms with van der Waals surface area (Å²) in [5, 5.41) is 6.36. The quantitative estimate of drug-likeness (QED) is 0.127. The fourth-order valence-corrected chi connectivity index (χ4v) is 11.8. The zero-order chi connectivity index (χ0) is 37.0. The fraction of sp³-hybridized carbons (Fsp3) is 0.651. The van der Waals surface area contributed by atoms with Crippen LogP contribution in [-0.4, -0.2) is 49.3 Å². The number of nitrogens with zero attached hydrogens (tertiary/aromatic N) is 1. The molecule has 6 N–H and O–H groups in total. The Kier molecular flexibility index (Phi) is 10.0. The van der Waals surface area contributed by atoms with E-state index in [9.17, 15) is 9.59 Å². The molecule has 0 unspecified atom stereocenters. The maximum atomic E-state index is 15.1. The second kappa shape index (κ2) is 13.6. The van der Waals surface area contributed by atoms with Gasteiger partial charge in [-0.2, -0.15) is 0 Å². The van der Waals surface area contributed by atoms with Gasteiger partial charge in [-0.25, -0.2) is 0 Å². The van der Waals surface area contributed by atoms with Gasteiger partial charge < -0.3 is 22.1 Å². The Morgan fingerprint density at radius 1 is 0.863 bits per heavy atom. The van der Waals surface area contributed by atoms with Crippen molar-refractivity contribution in [2.75, 3.05) is 31.7 Å². The number of hydrogen-bond donors (Lipinski definition) is 4. The number of likely N-dealkylation sites (N-methyl/N-ethyl adjacent to an activating group) is 1. The second-order valence-electron chi connectivity index (χ2n) is 17.7. The van der Waals surface area contributed by atoms with Crippen molar-refractivity contribution in [2.24, 2.45) is 27.9 Å². The molecule has 8 heteroatoms. The highest BCUT2D eigenvalue weighted by Crippen LogP contribution is 2.66. The summed E-state index contributed by atoms with van der Waals surface area (Å²) in [6.45, 7) is 11.8. The van der Waals surface area contributed by atoms with Gasteiger partial charge in [0.05, 0.1) is 16.9 Å². The zero-order valence-corrected chi connectivity index (χ0v) is 32.3. The first-order valence-electron chi connectivity index (χ1n) is 19.6. The van der Waals surface area contributed by atoms with Gasteiger partial charge in [0, 0.05) is 18.4 Å². The van der Waals surface area contributed by atoms with Gasteiger partial charge in [0.15, 0.2) is 0 Å². The highest BCUT2D eigenvalue weighted by atomic mass is 16.2. The molecule has 0 bridgehead atoms. The van der Waals surface area contributed by atoms with Gasteiger partial charge in [-0.15, -0.1) is 0 Å². The normalized spacial score (nSPS) is 33.1. The lowest BCUT2D eigenvalue weighted by atomic mass is 9.41. The summed E-state index contributed by atoms with van der Waals surface area (Å²) in [7, 11) is 3.58. The standard InChI is InChI=1S/C43H63N5O3/c1-39-20-10-21-40(2,35(39)18-15-28-13-16-30(45)26-32(28)39)37(50)48(7)38(51)42(4)23-11-22-41(3)33-27-31(17-14-29(33)19-24-43(41,42)5)47-36(49)34(46-6)12-8-9-25-44/h13-14,16-17,26-27,34-35,46H,8-12,15,18-25,44-45H2,1-7H3,(H,47,49)/t34-,35+,39+,40-,41+,42+,43+/m0/s1. The van der Waals surface area contributed by atoms with E-state index >= 15 is 4.79 Å². The Balaban J connectivity index is 1.27. The Labute approximate surface area is 306 Å². The first-order valence-corrected chi connectivity index (χ1v) is 19.6. The third kappa shape index (κ3) is 5.83. The predicted molar refractivity (Wildman–Crippen MR) is 206 cm³/mol. The van der Waals surface area contributed by atoms with Crippen molar-refractivity contribution in [2.45, 2.75) is 135 Å². The Hall–Kier alpha value is -3.23. The number of carbonyl (C=O) groups is 3. The van der Waals surface area contributed by atoms with Crippen LogP contribution in [0.3, 0.4) is 0 Å². The third-order valence-corrected chi connectivity index (χ3v) is 15.2. The lowest BCUT2D eigenvalue weighted by molar-refractivity contribution is -0.171. The highest BCUT2D eigenvalue weighted by Gasteiger charge is 2.65. The molecule has 6 rings (SSSR count). The van der Waals surface area contributed by atoms with E-state index in [1.807, 2.05) is 19.2 Å². The minimum atomic E-state index is -0.733. The minimum absolute atomic E-state index is 0.0281. The molecule has 278 valence electrons. The van der Waals surface area contributed by atoms with Gasteiger partial charge in [-0.3, -0.25) is 19.3 Å². The van der Waals surface area contributed by atoms with Crippen LogP contribution in [0.15, 0.2) is 36.4 Å². The number of anilines is 2. The van der Waals surface area contributed by atoms with Crippen LogP contribution in [0.5, 0.6) is 0 Å². The summed E-state index contributed by atoms with van der Waals surface area (Å²) in [4.78, 5) is 44.9. The molecule has 3 amide bonds. The Morgan fingerprint density at radius 2 is 1.57 bits per heavy atom. The van der Waals surface area contributed by atoms with E-state index in [4.69, 9.17) is 11.5 Å². The molecular weight excluding hydrogens is 635 g/mol. The van der Waals surface area contributed by atoms with Crippen molar-refractivity contribution in [3.63, 3.8) is 0 Å². The molecular formula is C43H63N5O3. The predicted octanol–water partition coefficient (Wildman–Crippen LogP) is 7.02. The van der Waals surface area contributed by atoms with Gasteiger partial charge >= 0.3 is 0 Å². The van der Waals surface area contributed by atoms with Crippen molar-refractivity contribution in [3.05, 3.63) is 58.7 Å². The summed E-state index contributed by atoms with van der Waals surface area (Å²) >= 11 is 0. The van der Waals surface area contributed by atoms with Gasteiger partial charge in [0.25, 0.3) is 0 Å². The minimum Gasteiger partial charge on any atom is -0.399 e. The van der Waals surface area contributed by atoms with E-state index in [1.54, 1.807) is 11.9 Å². The van der Waals surface area contributed by atoms with Crippen LogP contribution in [0, 0.1) is 22.2 Å². The number of hydrogen-bond acceptors (Lipinski definition) is 6. The average molecular weight is 698 g/mol. The van der Waals surface area contributed by atoms with Crippen molar-refractivity contribution in [3.8, 4) is 0 Å². The number of nitrogens with one attached hydrogen (secondary N) is 2. The van der Waals surface area contributed by atoms with Gasteiger partial charge in [-0.1, -0.05) is 66.0 Å². The number of unbranched alkanes of at least 4 members (excludes halogenated alkanes) is 1. The first kappa shape index (κ1) is 37.5. The van der Waals surface area contributed by atoms with E-state index < -0.39 is 16.2 Å². The Bertz CT molecular complexity index is 1690. The van der Waals surface area contributed by atoms with Crippen LogP contribution in [0.1, 0.15) is 128 Å². The molecule has 0 aliphatic heterocycles. The van der Waals surface area contributed by atoms with E-state index in [-0.39, 0.29) is 40.5 Å². The lowest BCUT2D eigenvalue weighted by Crippen LogP contribution is -2.64. The van der Waals surface area contributed by atoms with Crippen LogP contribution >= 0.6 is 0 Å². The van der Waals surface area contributed by atoms with Crippen molar-refractivity contribution >= 4 is 29.1 Å². The number of rotatable bonds is 9. The monoisotopic (exact) mass is 697 g/mol. The van der Waals surface area contributed by atoms with Crippen LogP contribution < -0.4 is 22.1 Å². The van der Waals surface area contributed by atoms with Crippen molar-refractivity contribution < 1.29 is 14.4 Å². The average Bonchev–Trinajstić information content (AvgIpc) is 3.10. The van der Waals surface area contributed by atoms with Gasteiger partial charge in [0.2, 0.25) is 17.7 Å². The molecule has 4 aliphatic carbocycles. The third-order valence-electron chi connectivity index (χ3n) is 15.2. The van der Waals surface area contributed by atoms with Crippen LogP contribution in [0.4, 0.5) is 11.4 Å².